The summed E-state index contributed by atoms with van der Waals surface area (Å²) in [6, 6.07) is 0. The van der Waals surface area contributed by atoms with Crippen LogP contribution in [0.4, 0.5) is 0 Å². The first kappa shape index (κ1) is 46.0. The van der Waals surface area contributed by atoms with Crippen molar-refractivity contribution in [3.63, 3.8) is 0 Å². The van der Waals surface area contributed by atoms with Crippen molar-refractivity contribution in [2.75, 3.05) is 33.9 Å². The molecule has 3 unspecified atom stereocenters. The highest BCUT2D eigenvalue weighted by Crippen LogP contribution is 2.26. The van der Waals surface area contributed by atoms with Gasteiger partial charge in [-0.1, -0.05) is 163 Å². The van der Waals surface area contributed by atoms with Crippen molar-refractivity contribution in [1.29, 1.82) is 0 Å². The van der Waals surface area contributed by atoms with E-state index in [0.717, 1.165) is 63.2 Å². The zero-order valence-electron chi connectivity index (χ0n) is 33.0. The quantitative estimate of drug-likeness (QED) is 0.0377. The summed E-state index contributed by atoms with van der Waals surface area (Å²) < 4.78 is 12.0. The number of ether oxygens (including phenoxy) is 2. The van der Waals surface area contributed by atoms with E-state index >= 15 is 0 Å². The van der Waals surface area contributed by atoms with E-state index in [1.54, 1.807) is 0 Å². The van der Waals surface area contributed by atoms with Crippen molar-refractivity contribution in [3.05, 3.63) is 12.3 Å². The van der Waals surface area contributed by atoms with Gasteiger partial charge in [-0.3, -0.25) is 4.79 Å². The van der Waals surface area contributed by atoms with E-state index in [0.29, 0.717) is 12.5 Å². The monoisotopic (exact) mass is 664 g/mol. The average Bonchev–Trinajstić information content (AvgIpc) is 3.06. The van der Waals surface area contributed by atoms with Crippen molar-refractivity contribution in [1.82, 2.24) is 4.90 Å². The Morgan fingerprint density at radius 2 is 0.894 bits per heavy atom. The normalized spacial score (nSPS) is 13.5. The third kappa shape index (κ3) is 29.6. The van der Waals surface area contributed by atoms with E-state index in [9.17, 15) is 4.79 Å². The molecule has 3 atom stereocenters. The molecule has 0 aliphatic carbocycles. The topological polar surface area (TPSA) is 38.8 Å². The molecule has 0 N–H and O–H groups in total. The van der Waals surface area contributed by atoms with Crippen molar-refractivity contribution in [2.24, 2.45) is 17.8 Å². The van der Waals surface area contributed by atoms with Gasteiger partial charge in [0.05, 0.1) is 24.9 Å². The molecule has 0 spiro atoms. The predicted octanol–water partition coefficient (Wildman–Crippen LogP) is 13.5. The first-order chi connectivity index (χ1) is 22.9. The minimum atomic E-state index is 0.0707. The predicted molar refractivity (Wildman–Crippen MR) is 207 cm³/mol. The number of carbonyl (C=O) groups excluding carboxylic acids is 1. The Kier molecular flexibility index (Phi) is 34.1. The Morgan fingerprint density at radius 1 is 0.489 bits per heavy atom. The number of hydrogen-bond acceptors (Lipinski definition) is 4. The van der Waals surface area contributed by atoms with Gasteiger partial charge in [0, 0.05) is 5.92 Å². The molecule has 0 rings (SSSR count). The molecular formula is C43H85NO3. The molecule has 0 aliphatic heterocycles. The van der Waals surface area contributed by atoms with Crippen LogP contribution < -0.4 is 0 Å². The van der Waals surface area contributed by atoms with Gasteiger partial charge >= 0.3 is 5.97 Å². The summed E-state index contributed by atoms with van der Waals surface area (Å²) in [5.41, 5.74) is 0. The number of hydrogen-bond donors (Lipinski definition) is 0. The van der Waals surface area contributed by atoms with Gasteiger partial charge in [0.25, 0.3) is 0 Å². The van der Waals surface area contributed by atoms with Crippen LogP contribution >= 0.6 is 0 Å². The number of nitrogens with zero attached hydrogens (tertiary/aromatic N) is 1. The van der Waals surface area contributed by atoms with E-state index in [2.05, 4.69) is 53.3 Å². The summed E-state index contributed by atoms with van der Waals surface area (Å²) in [6.45, 7) is 16.0. The summed E-state index contributed by atoms with van der Waals surface area (Å²) in [6.07, 6.45) is 34.8. The van der Waals surface area contributed by atoms with Crippen molar-refractivity contribution >= 4 is 5.97 Å². The fourth-order valence-electron chi connectivity index (χ4n) is 6.90. The fraction of sp³-hybridized carbons (Fsp3) is 0.930. The molecule has 47 heavy (non-hydrogen) atoms. The molecule has 0 aromatic rings. The SMILES string of the molecule is C=C(OCCCCCCC(CCCCCCOC(=O)C(CCCC)CCCCCC)CCCN(C)C)C(CCCC)CCCCCC. The largest absolute Gasteiger partial charge is 0.498 e. The molecule has 0 aromatic heterocycles. The molecule has 0 aliphatic rings. The van der Waals surface area contributed by atoms with Crippen LogP contribution in [0.25, 0.3) is 0 Å². The van der Waals surface area contributed by atoms with Gasteiger partial charge in [-0.25, -0.2) is 0 Å². The summed E-state index contributed by atoms with van der Waals surface area (Å²) >= 11 is 0. The number of rotatable bonds is 37. The average molecular weight is 664 g/mol. The Bertz CT molecular complexity index is 628. The summed E-state index contributed by atoms with van der Waals surface area (Å²) in [5.74, 6) is 2.65. The van der Waals surface area contributed by atoms with Crippen LogP contribution in [-0.4, -0.2) is 44.7 Å². The zero-order valence-corrected chi connectivity index (χ0v) is 33.0. The highest BCUT2D eigenvalue weighted by atomic mass is 16.5. The lowest BCUT2D eigenvalue weighted by molar-refractivity contribution is -0.149. The second-order valence-electron chi connectivity index (χ2n) is 15.1. The van der Waals surface area contributed by atoms with Gasteiger partial charge in [-0.2, -0.15) is 0 Å². The van der Waals surface area contributed by atoms with Crippen LogP contribution in [0.1, 0.15) is 207 Å². The van der Waals surface area contributed by atoms with Crippen molar-refractivity contribution in [3.8, 4) is 0 Å². The van der Waals surface area contributed by atoms with Crippen LogP contribution in [0.5, 0.6) is 0 Å². The molecule has 0 saturated heterocycles. The lowest BCUT2D eigenvalue weighted by Crippen LogP contribution is -2.18. The van der Waals surface area contributed by atoms with Crippen LogP contribution in [-0.2, 0) is 14.3 Å². The highest BCUT2D eigenvalue weighted by Gasteiger charge is 2.19. The van der Waals surface area contributed by atoms with E-state index in [1.807, 2.05) is 0 Å². The van der Waals surface area contributed by atoms with Crippen molar-refractivity contribution in [2.45, 2.75) is 207 Å². The maximum atomic E-state index is 12.7. The third-order valence-electron chi connectivity index (χ3n) is 10.2. The molecule has 0 aromatic carbocycles. The first-order valence-electron chi connectivity index (χ1n) is 21.0. The third-order valence-corrected chi connectivity index (χ3v) is 10.2. The minimum Gasteiger partial charge on any atom is -0.498 e. The molecular weight excluding hydrogens is 578 g/mol. The maximum absolute atomic E-state index is 12.7. The zero-order chi connectivity index (χ0) is 34.8. The lowest BCUT2D eigenvalue weighted by atomic mass is 9.90. The van der Waals surface area contributed by atoms with E-state index in [-0.39, 0.29) is 11.9 Å². The van der Waals surface area contributed by atoms with Crippen LogP contribution in [0.15, 0.2) is 12.3 Å². The Labute approximate surface area is 296 Å². The second kappa shape index (κ2) is 34.8. The fourth-order valence-corrected chi connectivity index (χ4v) is 6.90. The molecule has 0 radical (unpaired) electrons. The first-order valence-corrected chi connectivity index (χ1v) is 21.0. The molecule has 0 heterocycles. The lowest BCUT2D eigenvalue weighted by Gasteiger charge is -2.20. The molecule has 0 amide bonds. The van der Waals surface area contributed by atoms with E-state index in [4.69, 9.17) is 9.47 Å². The minimum absolute atomic E-state index is 0.0707. The summed E-state index contributed by atoms with van der Waals surface area (Å²) in [5, 5.41) is 0. The number of carbonyl (C=O) groups is 1. The molecule has 4 heteroatoms. The summed E-state index contributed by atoms with van der Waals surface area (Å²) in [4.78, 5) is 15.1. The number of allylic oxidation sites excluding steroid dienone is 1. The molecule has 280 valence electrons. The Morgan fingerprint density at radius 3 is 1.43 bits per heavy atom. The van der Waals surface area contributed by atoms with E-state index in [1.165, 1.54) is 141 Å². The molecule has 0 saturated carbocycles. The summed E-state index contributed by atoms with van der Waals surface area (Å²) in [7, 11) is 4.38. The molecule has 0 bridgehead atoms. The van der Waals surface area contributed by atoms with Gasteiger partial charge in [0.2, 0.25) is 0 Å². The van der Waals surface area contributed by atoms with E-state index < -0.39 is 0 Å². The molecule has 4 nitrogen and oxygen atoms in total. The number of esters is 1. The Balaban J connectivity index is 4.28. The molecule has 0 fully saturated rings. The van der Waals surface area contributed by atoms with Gasteiger partial charge < -0.3 is 14.4 Å². The Hall–Kier alpha value is -1.03. The van der Waals surface area contributed by atoms with Crippen LogP contribution in [0.2, 0.25) is 0 Å². The van der Waals surface area contributed by atoms with Crippen LogP contribution in [0, 0.1) is 17.8 Å². The highest BCUT2D eigenvalue weighted by molar-refractivity contribution is 5.72. The smallest absolute Gasteiger partial charge is 0.308 e. The van der Waals surface area contributed by atoms with Gasteiger partial charge in [-0.05, 0) is 77.9 Å². The standard InChI is InChI=1S/C43H85NO3/c1-8-12-16-24-34-41(32-14-10-3)39(5)46-37-26-20-18-22-29-40(31-28-36-44(6)7)30-23-19-21-27-38-47-43(45)42(33-15-11-4)35-25-17-13-9-2/h40-42H,5,8-38H2,1-4,6-7H3. The van der Waals surface area contributed by atoms with Gasteiger partial charge in [0.1, 0.15) is 0 Å². The second-order valence-corrected chi connectivity index (χ2v) is 15.1. The number of unbranched alkanes of at least 4 members (excludes halogenated alkanes) is 14. The van der Waals surface area contributed by atoms with Crippen molar-refractivity contribution < 1.29 is 14.3 Å². The van der Waals surface area contributed by atoms with Gasteiger partial charge in [-0.15, -0.1) is 0 Å². The van der Waals surface area contributed by atoms with Gasteiger partial charge in [0.15, 0.2) is 0 Å². The maximum Gasteiger partial charge on any atom is 0.308 e. The van der Waals surface area contributed by atoms with Crippen LogP contribution in [0.3, 0.4) is 0 Å².